The minimum absolute atomic E-state index is 0.0287. The Hall–Kier alpha value is -0.860. The van der Waals surface area contributed by atoms with Crippen molar-refractivity contribution in [2.24, 2.45) is 0 Å². The SMILES string of the molecule is CC(=O)SCCC#Cc1c(F)cc(F)cc1Br. The van der Waals surface area contributed by atoms with Crippen molar-refractivity contribution >= 4 is 32.8 Å². The summed E-state index contributed by atoms with van der Waals surface area (Å²) >= 11 is 4.22. The average Bonchev–Trinajstić information content (AvgIpc) is 2.20. The van der Waals surface area contributed by atoms with Gasteiger partial charge in [-0.1, -0.05) is 23.6 Å². The Morgan fingerprint density at radius 1 is 1.47 bits per heavy atom. The highest BCUT2D eigenvalue weighted by molar-refractivity contribution is 9.10. The van der Waals surface area contributed by atoms with Crippen LogP contribution in [0.2, 0.25) is 0 Å². The van der Waals surface area contributed by atoms with Crippen molar-refractivity contribution in [1.29, 1.82) is 0 Å². The predicted molar refractivity (Wildman–Crippen MR) is 68.7 cm³/mol. The van der Waals surface area contributed by atoms with Crippen LogP contribution in [0.5, 0.6) is 0 Å². The van der Waals surface area contributed by atoms with Crippen molar-refractivity contribution in [3.05, 3.63) is 33.8 Å². The van der Waals surface area contributed by atoms with E-state index in [1.807, 2.05) is 0 Å². The monoisotopic (exact) mass is 318 g/mol. The van der Waals surface area contributed by atoms with E-state index in [2.05, 4.69) is 27.8 Å². The Bertz CT molecular complexity index is 468. The zero-order valence-electron chi connectivity index (χ0n) is 9.02. The minimum Gasteiger partial charge on any atom is -0.288 e. The summed E-state index contributed by atoms with van der Waals surface area (Å²) in [6.07, 6.45) is 0.480. The Morgan fingerprint density at radius 2 is 2.18 bits per heavy atom. The van der Waals surface area contributed by atoms with Gasteiger partial charge in [-0.15, -0.1) is 0 Å². The standard InChI is InChI=1S/C12H9BrF2OS/c1-8(16)17-5-3-2-4-10-11(13)6-9(14)7-12(10)15/h6-7H,3,5H2,1H3. The molecule has 0 aliphatic heterocycles. The maximum absolute atomic E-state index is 13.3. The molecule has 1 rings (SSSR count). The molecule has 1 nitrogen and oxygen atoms in total. The van der Waals surface area contributed by atoms with Crippen LogP contribution in [-0.4, -0.2) is 10.9 Å². The van der Waals surface area contributed by atoms with Crippen LogP contribution in [0.15, 0.2) is 16.6 Å². The van der Waals surface area contributed by atoms with E-state index < -0.39 is 11.6 Å². The third kappa shape index (κ3) is 4.88. The van der Waals surface area contributed by atoms with Gasteiger partial charge in [-0.05, 0) is 22.0 Å². The van der Waals surface area contributed by atoms with E-state index in [1.165, 1.54) is 18.7 Å². The zero-order valence-corrected chi connectivity index (χ0v) is 11.4. The molecule has 5 heteroatoms. The quantitative estimate of drug-likeness (QED) is 0.610. The molecular formula is C12H9BrF2OS. The lowest BCUT2D eigenvalue weighted by molar-refractivity contribution is -0.109. The second-order valence-corrected chi connectivity index (χ2v) is 5.26. The van der Waals surface area contributed by atoms with Crippen molar-refractivity contribution in [3.63, 3.8) is 0 Å². The zero-order chi connectivity index (χ0) is 12.8. The largest absolute Gasteiger partial charge is 0.288 e. The van der Waals surface area contributed by atoms with Crippen LogP contribution >= 0.6 is 27.7 Å². The minimum atomic E-state index is -0.691. The first-order valence-corrected chi connectivity index (χ1v) is 6.55. The number of halogens is 3. The number of hydrogen-bond acceptors (Lipinski definition) is 2. The second-order valence-electron chi connectivity index (χ2n) is 3.14. The fraction of sp³-hybridized carbons (Fsp3) is 0.250. The molecule has 1 aromatic rings. The van der Waals surface area contributed by atoms with E-state index in [1.54, 1.807) is 0 Å². The van der Waals surface area contributed by atoms with Crippen molar-refractivity contribution < 1.29 is 13.6 Å². The highest BCUT2D eigenvalue weighted by Crippen LogP contribution is 2.20. The van der Waals surface area contributed by atoms with Crippen LogP contribution in [0.1, 0.15) is 18.9 Å². The summed E-state index contributed by atoms with van der Waals surface area (Å²) in [5.41, 5.74) is 0.138. The van der Waals surface area contributed by atoms with Crippen LogP contribution in [0.3, 0.4) is 0 Å². The number of hydrogen-bond donors (Lipinski definition) is 0. The van der Waals surface area contributed by atoms with Gasteiger partial charge in [0.2, 0.25) is 0 Å². The van der Waals surface area contributed by atoms with Gasteiger partial charge in [-0.2, -0.15) is 0 Å². The van der Waals surface area contributed by atoms with Gasteiger partial charge in [0, 0.05) is 29.6 Å². The molecule has 0 saturated carbocycles. The molecule has 0 unspecified atom stereocenters. The first-order valence-electron chi connectivity index (χ1n) is 4.77. The maximum Gasteiger partial charge on any atom is 0.185 e. The molecule has 17 heavy (non-hydrogen) atoms. The lowest BCUT2D eigenvalue weighted by atomic mass is 10.2. The van der Waals surface area contributed by atoms with Crippen LogP contribution < -0.4 is 0 Å². The van der Waals surface area contributed by atoms with Gasteiger partial charge < -0.3 is 0 Å². The number of carbonyl (C=O) groups excluding carboxylic acids is 1. The van der Waals surface area contributed by atoms with Gasteiger partial charge in [0.05, 0.1) is 5.56 Å². The van der Waals surface area contributed by atoms with Crippen LogP contribution in [0.4, 0.5) is 8.78 Å². The Labute approximate surface area is 111 Å². The van der Waals surface area contributed by atoms with E-state index in [0.717, 1.165) is 12.1 Å². The summed E-state index contributed by atoms with van der Waals surface area (Å²) < 4.78 is 26.4. The molecule has 0 radical (unpaired) electrons. The number of carbonyl (C=O) groups is 1. The fourth-order valence-corrected chi connectivity index (χ4v) is 2.06. The van der Waals surface area contributed by atoms with Gasteiger partial charge in [-0.3, -0.25) is 4.79 Å². The summed E-state index contributed by atoms with van der Waals surface area (Å²) in [7, 11) is 0. The van der Waals surface area contributed by atoms with Crippen molar-refractivity contribution in [2.75, 3.05) is 5.75 Å². The highest BCUT2D eigenvalue weighted by atomic mass is 79.9. The van der Waals surface area contributed by atoms with Gasteiger partial charge in [-0.25, -0.2) is 8.78 Å². The van der Waals surface area contributed by atoms with E-state index in [4.69, 9.17) is 0 Å². The first-order chi connectivity index (χ1) is 8.00. The van der Waals surface area contributed by atoms with E-state index >= 15 is 0 Å². The second kappa shape index (κ2) is 6.77. The number of thioether (sulfide) groups is 1. The third-order valence-electron chi connectivity index (χ3n) is 1.75. The Kier molecular flexibility index (Phi) is 5.66. The number of rotatable bonds is 2. The molecule has 0 atom stereocenters. The molecule has 0 aliphatic rings. The molecule has 0 spiro atoms. The summed E-state index contributed by atoms with van der Waals surface area (Å²) in [6.45, 7) is 1.48. The molecule has 1 aromatic carbocycles. The fourth-order valence-electron chi connectivity index (χ4n) is 1.06. The van der Waals surface area contributed by atoms with Crippen LogP contribution in [0.25, 0.3) is 0 Å². The van der Waals surface area contributed by atoms with E-state index in [0.29, 0.717) is 16.6 Å². The molecule has 0 saturated heterocycles. The summed E-state index contributed by atoms with van der Waals surface area (Å²) in [5.74, 6) is 4.60. The lowest BCUT2D eigenvalue weighted by Crippen LogP contribution is -1.89. The van der Waals surface area contributed by atoms with Crippen molar-refractivity contribution in [2.45, 2.75) is 13.3 Å². The van der Waals surface area contributed by atoms with Gasteiger partial charge >= 0.3 is 0 Å². The maximum atomic E-state index is 13.3. The third-order valence-corrected chi connectivity index (χ3v) is 3.19. The van der Waals surface area contributed by atoms with Gasteiger partial charge in [0.25, 0.3) is 0 Å². The molecule has 0 amide bonds. The smallest absolute Gasteiger partial charge is 0.185 e. The van der Waals surface area contributed by atoms with Gasteiger partial charge in [0.1, 0.15) is 11.6 Å². The van der Waals surface area contributed by atoms with Crippen LogP contribution in [0, 0.1) is 23.5 Å². The molecule has 0 aromatic heterocycles. The lowest BCUT2D eigenvalue weighted by Gasteiger charge is -1.98. The van der Waals surface area contributed by atoms with Crippen LogP contribution in [-0.2, 0) is 4.79 Å². The molecule has 0 N–H and O–H groups in total. The highest BCUT2D eigenvalue weighted by Gasteiger charge is 2.06. The van der Waals surface area contributed by atoms with Gasteiger partial charge in [0.15, 0.2) is 5.12 Å². The molecule has 90 valence electrons. The number of benzene rings is 1. The van der Waals surface area contributed by atoms with E-state index in [9.17, 15) is 13.6 Å². The summed E-state index contributed by atoms with van der Waals surface area (Å²) in [4.78, 5) is 10.6. The predicted octanol–water partition coefficient (Wildman–Crippen LogP) is 3.75. The Morgan fingerprint density at radius 3 is 2.76 bits per heavy atom. The van der Waals surface area contributed by atoms with Crippen molar-refractivity contribution in [3.8, 4) is 11.8 Å². The molecular weight excluding hydrogens is 310 g/mol. The summed E-state index contributed by atoms with van der Waals surface area (Å²) in [5, 5.41) is 0.0287. The molecule has 0 fully saturated rings. The van der Waals surface area contributed by atoms with E-state index in [-0.39, 0.29) is 10.7 Å². The average molecular weight is 319 g/mol. The first kappa shape index (κ1) is 14.2. The van der Waals surface area contributed by atoms with Crippen molar-refractivity contribution in [1.82, 2.24) is 0 Å². The summed E-state index contributed by atoms with van der Waals surface area (Å²) in [6, 6.07) is 1.95. The topological polar surface area (TPSA) is 17.1 Å². The molecule has 0 bridgehead atoms. The molecule has 0 aliphatic carbocycles. The Balaban J connectivity index is 2.69. The normalized spacial score (nSPS) is 9.65. The molecule has 0 heterocycles.